The predicted molar refractivity (Wildman–Crippen MR) is 101 cm³/mol. The van der Waals surface area contributed by atoms with E-state index in [1.165, 1.54) is 0 Å². The number of hydrogen-bond donors (Lipinski definition) is 2. The first-order valence-electron chi connectivity index (χ1n) is 8.57. The Labute approximate surface area is 160 Å². The number of aromatic hydroxyl groups is 1. The van der Waals surface area contributed by atoms with Gasteiger partial charge in [-0.1, -0.05) is 28.9 Å². The monoisotopic (exact) mass is 384 g/mol. The van der Waals surface area contributed by atoms with Crippen LogP contribution >= 0.6 is 11.6 Å². The van der Waals surface area contributed by atoms with Crippen molar-refractivity contribution in [3.63, 3.8) is 0 Å². The molecule has 3 aromatic rings. The van der Waals surface area contributed by atoms with Crippen molar-refractivity contribution >= 4 is 23.3 Å². The van der Waals surface area contributed by atoms with Gasteiger partial charge in [-0.3, -0.25) is 0 Å². The molecule has 8 heteroatoms. The number of phenolic OH excluding ortho intramolecular Hbond substituents is 1. The summed E-state index contributed by atoms with van der Waals surface area (Å²) in [6.07, 6.45) is 1.57. The summed E-state index contributed by atoms with van der Waals surface area (Å²) in [5, 5.41) is 17.4. The molecule has 1 aliphatic rings. The molecule has 0 bridgehead atoms. The molecule has 0 saturated carbocycles. The van der Waals surface area contributed by atoms with Gasteiger partial charge in [-0.25, -0.2) is 4.79 Å². The molecule has 1 atom stereocenters. The first-order valence-corrected chi connectivity index (χ1v) is 8.95. The van der Waals surface area contributed by atoms with Crippen molar-refractivity contribution < 1.29 is 14.4 Å². The average molecular weight is 385 g/mol. The zero-order chi connectivity index (χ0) is 18.8. The lowest BCUT2D eigenvalue weighted by atomic mass is 10.2. The molecule has 2 aromatic carbocycles. The summed E-state index contributed by atoms with van der Waals surface area (Å²) in [6.45, 7) is 0.596. The summed E-state index contributed by atoms with van der Waals surface area (Å²) in [6, 6.07) is 13.2. The smallest absolute Gasteiger partial charge is 0.322 e. The molecule has 4 rings (SSSR count). The number of nitrogens with zero attached hydrogens (tertiary/aromatic N) is 3. The first-order chi connectivity index (χ1) is 13.1. The fraction of sp³-hybridized carbons (Fsp3) is 0.211. The Morgan fingerprint density at radius 3 is 2.78 bits per heavy atom. The second-order valence-corrected chi connectivity index (χ2v) is 6.70. The molecule has 0 spiro atoms. The maximum absolute atomic E-state index is 12.7. The molecule has 7 nitrogen and oxygen atoms in total. The van der Waals surface area contributed by atoms with E-state index in [4.69, 9.17) is 16.1 Å². The fourth-order valence-electron chi connectivity index (χ4n) is 3.14. The molecule has 138 valence electrons. The second kappa shape index (κ2) is 7.28. The van der Waals surface area contributed by atoms with E-state index in [1.807, 2.05) is 0 Å². The number of halogens is 1. The number of benzene rings is 2. The quantitative estimate of drug-likeness (QED) is 0.695. The molecule has 0 radical (unpaired) electrons. The Morgan fingerprint density at radius 2 is 2.00 bits per heavy atom. The van der Waals surface area contributed by atoms with Crippen LogP contribution in [0.3, 0.4) is 0 Å². The van der Waals surface area contributed by atoms with Gasteiger partial charge in [0.15, 0.2) is 0 Å². The fourth-order valence-corrected chi connectivity index (χ4v) is 3.26. The van der Waals surface area contributed by atoms with Crippen molar-refractivity contribution in [3.05, 3.63) is 59.4 Å². The van der Waals surface area contributed by atoms with E-state index >= 15 is 0 Å². The Kier molecular flexibility index (Phi) is 4.68. The zero-order valence-corrected chi connectivity index (χ0v) is 15.1. The van der Waals surface area contributed by atoms with E-state index < -0.39 is 0 Å². The number of phenols is 1. The van der Waals surface area contributed by atoms with Crippen molar-refractivity contribution in [1.29, 1.82) is 0 Å². The Bertz CT molecular complexity index is 958. The van der Waals surface area contributed by atoms with Crippen molar-refractivity contribution in [2.24, 2.45) is 0 Å². The molecule has 0 unspecified atom stereocenters. The molecule has 1 fully saturated rings. The maximum atomic E-state index is 12.7. The van der Waals surface area contributed by atoms with Gasteiger partial charge >= 0.3 is 6.03 Å². The summed E-state index contributed by atoms with van der Waals surface area (Å²) < 4.78 is 5.39. The number of rotatable bonds is 3. The molecule has 2 amide bonds. The van der Waals surface area contributed by atoms with Crippen LogP contribution in [0.1, 0.15) is 24.8 Å². The van der Waals surface area contributed by atoms with Crippen molar-refractivity contribution in [2.45, 2.75) is 18.9 Å². The third kappa shape index (κ3) is 3.59. The van der Waals surface area contributed by atoms with E-state index in [9.17, 15) is 9.90 Å². The van der Waals surface area contributed by atoms with Gasteiger partial charge in [-0.15, -0.1) is 0 Å². The van der Waals surface area contributed by atoms with Gasteiger partial charge in [0.05, 0.1) is 5.56 Å². The van der Waals surface area contributed by atoms with Crippen LogP contribution in [0, 0.1) is 0 Å². The van der Waals surface area contributed by atoms with Crippen LogP contribution in [0.15, 0.2) is 53.1 Å². The van der Waals surface area contributed by atoms with E-state index in [1.54, 1.807) is 53.4 Å². The lowest BCUT2D eigenvalue weighted by Gasteiger charge is -2.22. The Morgan fingerprint density at radius 1 is 1.22 bits per heavy atom. The van der Waals surface area contributed by atoms with Crippen LogP contribution in [0.2, 0.25) is 5.02 Å². The topological polar surface area (TPSA) is 91.5 Å². The van der Waals surface area contributed by atoms with Gasteiger partial charge in [0.2, 0.25) is 11.7 Å². The van der Waals surface area contributed by atoms with Crippen LogP contribution in [-0.2, 0) is 0 Å². The Balaban J connectivity index is 1.52. The third-order valence-electron chi connectivity index (χ3n) is 4.48. The van der Waals surface area contributed by atoms with Gasteiger partial charge < -0.3 is 19.8 Å². The number of carbonyl (C=O) groups is 1. The molecular weight excluding hydrogens is 368 g/mol. The number of hydrogen-bond acceptors (Lipinski definition) is 5. The first kappa shape index (κ1) is 17.4. The number of urea groups is 1. The van der Waals surface area contributed by atoms with Gasteiger partial charge in [0.1, 0.15) is 11.8 Å². The van der Waals surface area contributed by atoms with E-state index in [2.05, 4.69) is 15.5 Å². The van der Waals surface area contributed by atoms with Crippen LogP contribution < -0.4 is 5.32 Å². The minimum atomic E-state index is -0.301. The molecular formula is C19H17ClN4O3. The molecule has 27 heavy (non-hydrogen) atoms. The van der Waals surface area contributed by atoms with Crippen molar-refractivity contribution in [3.8, 4) is 17.1 Å². The third-order valence-corrected chi connectivity index (χ3v) is 4.73. The second-order valence-electron chi connectivity index (χ2n) is 6.26. The number of carbonyl (C=O) groups excluding carboxylic acids is 1. The normalized spacial score (nSPS) is 16.5. The Hall–Kier alpha value is -3.06. The molecule has 0 aliphatic carbocycles. The summed E-state index contributed by atoms with van der Waals surface area (Å²) in [5.74, 6) is 0.735. The highest BCUT2D eigenvalue weighted by Gasteiger charge is 2.34. The average Bonchev–Trinajstić information content (AvgIpc) is 3.33. The van der Waals surface area contributed by atoms with E-state index in [-0.39, 0.29) is 17.8 Å². The molecule has 2 N–H and O–H groups in total. The lowest BCUT2D eigenvalue weighted by Crippen LogP contribution is -2.34. The van der Waals surface area contributed by atoms with Gasteiger partial charge in [0, 0.05) is 17.3 Å². The maximum Gasteiger partial charge on any atom is 0.322 e. The zero-order valence-electron chi connectivity index (χ0n) is 14.3. The number of likely N-dealkylation sites (tertiary alicyclic amines) is 1. The summed E-state index contributed by atoms with van der Waals surface area (Å²) in [7, 11) is 0. The van der Waals surface area contributed by atoms with Gasteiger partial charge in [-0.05, 0) is 49.2 Å². The van der Waals surface area contributed by atoms with Gasteiger partial charge in [0.25, 0.3) is 0 Å². The summed E-state index contributed by atoms with van der Waals surface area (Å²) >= 11 is 5.87. The standard InChI is InChI=1S/C19H17ClN4O3/c20-12-7-9-13(10-8-12)21-19(26)24-11-3-5-15(24)18-22-17(23-27-18)14-4-1-2-6-16(14)25/h1-2,4,6-10,15,25H,3,5,11H2,(H,21,26)/t15-/m0/s1. The van der Waals surface area contributed by atoms with E-state index in [0.717, 1.165) is 12.8 Å². The predicted octanol–water partition coefficient (Wildman–Crippen LogP) is 4.46. The highest BCUT2D eigenvalue weighted by atomic mass is 35.5. The summed E-state index contributed by atoms with van der Waals surface area (Å²) in [4.78, 5) is 18.7. The molecule has 2 heterocycles. The minimum Gasteiger partial charge on any atom is -0.507 e. The van der Waals surface area contributed by atoms with Crippen molar-refractivity contribution in [1.82, 2.24) is 15.0 Å². The lowest BCUT2D eigenvalue weighted by molar-refractivity contribution is 0.193. The number of aromatic nitrogens is 2. The largest absolute Gasteiger partial charge is 0.507 e. The van der Waals surface area contributed by atoms with Crippen LogP contribution in [0.4, 0.5) is 10.5 Å². The van der Waals surface area contributed by atoms with Crippen molar-refractivity contribution in [2.75, 3.05) is 11.9 Å². The van der Waals surface area contributed by atoms with Gasteiger partial charge in [-0.2, -0.15) is 4.98 Å². The highest BCUT2D eigenvalue weighted by Crippen LogP contribution is 2.34. The van der Waals surface area contributed by atoms with Crippen LogP contribution in [0.5, 0.6) is 5.75 Å². The molecule has 1 aromatic heterocycles. The van der Waals surface area contributed by atoms with E-state index in [0.29, 0.717) is 34.5 Å². The number of anilines is 1. The van der Waals surface area contributed by atoms with Crippen LogP contribution in [-0.4, -0.2) is 32.7 Å². The molecule has 1 aliphatic heterocycles. The summed E-state index contributed by atoms with van der Waals surface area (Å²) in [5.41, 5.74) is 1.15. The number of para-hydroxylation sites is 1. The number of amides is 2. The SMILES string of the molecule is O=C(Nc1ccc(Cl)cc1)N1CCC[C@H]1c1nc(-c2ccccc2O)no1. The minimum absolute atomic E-state index is 0.0774. The number of nitrogens with one attached hydrogen (secondary N) is 1. The molecule has 1 saturated heterocycles. The van der Waals surface area contributed by atoms with Crippen LogP contribution in [0.25, 0.3) is 11.4 Å². The highest BCUT2D eigenvalue weighted by molar-refractivity contribution is 6.30.